The molecule has 0 N–H and O–H groups in total. The van der Waals surface area contributed by atoms with E-state index in [1.807, 2.05) is 0 Å². The molecule has 0 aromatic carbocycles. The van der Waals surface area contributed by atoms with Crippen molar-refractivity contribution in [3.8, 4) is 0 Å². The zero-order valence-corrected chi connectivity index (χ0v) is 9.40. The Hall–Kier alpha value is 0.350. The van der Waals surface area contributed by atoms with Gasteiger partial charge in [-0.25, -0.2) is 0 Å². The Balaban J connectivity index is 3.40. The lowest BCUT2D eigenvalue weighted by Gasteiger charge is -2.15. The smallest absolute Gasteiger partial charge is 0.170 e. The Bertz CT molecular complexity index is 80.6. The van der Waals surface area contributed by atoms with Crippen LogP contribution in [0.25, 0.3) is 0 Å². The third kappa shape index (κ3) is 7.02. The van der Waals surface area contributed by atoms with Gasteiger partial charge in [-0.1, -0.05) is 20.8 Å². The topological polar surface area (TPSA) is 18.5 Å². The minimum atomic E-state index is -0.573. The molecule has 0 aromatic rings. The summed E-state index contributed by atoms with van der Waals surface area (Å²) in [6.07, 6.45) is 4.39. The molecule has 0 aliphatic heterocycles. The van der Waals surface area contributed by atoms with Crippen molar-refractivity contribution in [3.05, 3.63) is 0 Å². The van der Waals surface area contributed by atoms with Gasteiger partial charge < -0.3 is 9.05 Å². The van der Waals surface area contributed by atoms with Crippen LogP contribution in [0.15, 0.2) is 0 Å². The van der Waals surface area contributed by atoms with Crippen molar-refractivity contribution in [3.63, 3.8) is 0 Å². The third-order valence-electron chi connectivity index (χ3n) is 1.28. The summed E-state index contributed by atoms with van der Waals surface area (Å²) < 4.78 is 11.2. The molecule has 0 radical (unpaired) electrons. The fraction of sp³-hybridized carbons (Fsp3) is 1.00. The van der Waals surface area contributed by atoms with Gasteiger partial charge in [-0.3, -0.25) is 0 Å². The maximum Gasteiger partial charge on any atom is 0.170 e. The molecule has 0 aliphatic rings. The zero-order chi connectivity index (χ0) is 9.23. The lowest BCUT2D eigenvalue weighted by Crippen LogP contribution is -1.96. The number of rotatable bonds is 8. The quantitative estimate of drug-likeness (QED) is 0.547. The number of hydrogen-bond donors (Lipinski definition) is 0. The van der Waals surface area contributed by atoms with E-state index in [9.17, 15) is 0 Å². The molecular weight excluding hydrogens is 171 g/mol. The van der Waals surface area contributed by atoms with Crippen LogP contribution >= 0.6 is 8.38 Å². The first-order chi connectivity index (χ1) is 5.85. The van der Waals surface area contributed by atoms with Crippen molar-refractivity contribution < 1.29 is 9.05 Å². The molecule has 0 bridgehead atoms. The Kier molecular flexibility index (Phi) is 9.71. The van der Waals surface area contributed by atoms with Gasteiger partial charge in [-0.05, 0) is 19.3 Å². The normalized spacial score (nSPS) is 11.0. The summed E-state index contributed by atoms with van der Waals surface area (Å²) in [5.41, 5.74) is 0. The minimum absolute atomic E-state index is 0.573. The maximum atomic E-state index is 5.58. The summed E-state index contributed by atoms with van der Waals surface area (Å²) in [5, 5.41) is 0. The predicted molar refractivity (Wildman–Crippen MR) is 54.6 cm³/mol. The van der Waals surface area contributed by atoms with Crippen molar-refractivity contribution in [2.24, 2.45) is 0 Å². The molecule has 0 saturated heterocycles. The summed E-state index contributed by atoms with van der Waals surface area (Å²) in [4.78, 5) is 0. The highest BCUT2D eigenvalue weighted by molar-refractivity contribution is 7.47. The molecule has 0 unspecified atom stereocenters. The van der Waals surface area contributed by atoms with Crippen molar-refractivity contribution in [2.75, 3.05) is 19.4 Å². The first-order valence-electron chi connectivity index (χ1n) is 4.88. The van der Waals surface area contributed by atoms with Gasteiger partial charge in [-0.2, -0.15) is 0 Å². The third-order valence-corrected chi connectivity index (χ3v) is 3.04. The maximum absolute atomic E-state index is 5.58. The van der Waals surface area contributed by atoms with Crippen LogP contribution in [-0.2, 0) is 9.05 Å². The average molecular weight is 192 g/mol. The largest absolute Gasteiger partial charge is 0.334 e. The standard InChI is InChI=1S/C9H21O2P/c1-4-7-10-12(9-6-3)11-8-5-2/h4-9H2,1-3H3. The van der Waals surface area contributed by atoms with Crippen molar-refractivity contribution in [2.45, 2.75) is 40.0 Å². The summed E-state index contributed by atoms with van der Waals surface area (Å²) in [6, 6.07) is 0. The first-order valence-corrected chi connectivity index (χ1v) is 6.24. The Labute approximate surface area is 77.6 Å². The lowest BCUT2D eigenvalue weighted by molar-refractivity contribution is 0.249. The van der Waals surface area contributed by atoms with E-state index in [1.54, 1.807) is 0 Å². The fourth-order valence-corrected chi connectivity index (χ4v) is 2.21. The van der Waals surface area contributed by atoms with Crippen LogP contribution in [0.2, 0.25) is 0 Å². The van der Waals surface area contributed by atoms with E-state index in [4.69, 9.17) is 9.05 Å². The molecule has 0 saturated carbocycles. The Morgan fingerprint density at radius 3 is 1.67 bits per heavy atom. The van der Waals surface area contributed by atoms with E-state index in [-0.39, 0.29) is 0 Å². The van der Waals surface area contributed by atoms with E-state index < -0.39 is 8.38 Å². The van der Waals surface area contributed by atoms with Crippen molar-refractivity contribution >= 4 is 8.38 Å². The first kappa shape index (κ1) is 12.3. The van der Waals surface area contributed by atoms with E-state index in [0.29, 0.717) is 0 Å². The monoisotopic (exact) mass is 192 g/mol. The van der Waals surface area contributed by atoms with Gasteiger partial charge in [0.2, 0.25) is 0 Å². The predicted octanol–water partition coefficient (Wildman–Crippen LogP) is 3.56. The molecular formula is C9H21O2P. The van der Waals surface area contributed by atoms with E-state index in [0.717, 1.165) is 38.6 Å². The highest BCUT2D eigenvalue weighted by atomic mass is 31.2. The summed E-state index contributed by atoms with van der Waals surface area (Å²) in [6.45, 7) is 8.10. The van der Waals surface area contributed by atoms with Crippen LogP contribution in [0.4, 0.5) is 0 Å². The molecule has 3 heteroatoms. The second kappa shape index (κ2) is 9.44. The second-order valence-corrected chi connectivity index (χ2v) is 4.35. The van der Waals surface area contributed by atoms with E-state index in [1.165, 1.54) is 0 Å². The summed E-state index contributed by atoms with van der Waals surface area (Å²) in [7, 11) is -0.573. The van der Waals surface area contributed by atoms with Gasteiger partial charge in [-0.15, -0.1) is 0 Å². The molecule has 0 aliphatic carbocycles. The second-order valence-electron chi connectivity index (χ2n) is 2.72. The van der Waals surface area contributed by atoms with Crippen LogP contribution < -0.4 is 0 Å². The van der Waals surface area contributed by atoms with Gasteiger partial charge in [0.25, 0.3) is 0 Å². The van der Waals surface area contributed by atoms with Crippen LogP contribution in [0.3, 0.4) is 0 Å². The van der Waals surface area contributed by atoms with Gasteiger partial charge in [0, 0.05) is 6.16 Å². The fourth-order valence-electron chi connectivity index (χ4n) is 0.735. The molecule has 0 amide bonds. The Morgan fingerprint density at radius 1 is 0.833 bits per heavy atom. The van der Waals surface area contributed by atoms with Gasteiger partial charge >= 0.3 is 0 Å². The van der Waals surface area contributed by atoms with Crippen LogP contribution in [0.1, 0.15) is 40.0 Å². The Morgan fingerprint density at radius 2 is 1.33 bits per heavy atom. The molecule has 0 spiro atoms. The molecule has 0 aromatic heterocycles. The summed E-state index contributed by atoms with van der Waals surface area (Å²) in [5.74, 6) is 0. The molecule has 0 fully saturated rings. The van der Waals surface area contributed by atoms with E-state index >= 15 is 0 Å². The summed E-state index contributed by atoms with van der Waals surface area (Å²) >= 11 is 0. The highest BCUT2D eigenvalue weighted by Crippen LogP contribution is 2.38. The van der Waals surface area contributed by atoms with Gasteiger partial charge in [0.15, 0.2) is 8.38 Å². The van der Waals surface area contributed by atoms with Gasteiger partial charge in [0.1, 0.15) is 0 Å². The van der Waals surface area contributed by atoms with Gasteiger partial charge in [0.05, 0.1) is 13.2 Å². The van der Waals surface area contributed by atoms with Crippen LogP contribution in [0.5, 0.6) is 0 Å². The molecule has 0 atom stereocenters. The zero-order valence-electron chi connectivity index (χ0n) is 8.51. The average Bonchev–Trinajstić information content (AvgIpc) is 2.10. The minimum Gasteiger partial charge on any atom is -0.334 e. The highest BCUT2D eigenvalue weighted by Gasteiger charge is 2.07. The molecule has 0 rings (SSSR count). The molecule has 12 heavy (non-hydrogen) atoms. The molecule has 0 heterocycles. The number of hydrogen-bond acceptors (Lipinski definition) is 2. The lowest BCUT2D eigenvalue weighted by atomic mass is 10.5. The molecule has 74 valence electrons. The van der Waals surface area contributed by atoms with E-state index in [2.05, 4.69) is 20.8 Å². The van der Waals surface area contributed by atoms with Crippen molar-refractivity contribution in [1.82, 2.24) is 0 Å². The van der Waals surface area contributed by atoms with Crippen LogP contribution in [-0.4, -0.2) is 19.4 Å². The molecule has 2 nitrogen and oxygen atoms in total. The van der Waals surface area contributed by atoms with Crippen molar-refractivity contribution in [1.29, 1.82) is 0 Å². The van der Waals surface area contributed by atoms with Crippen LogP contribution in [0, 0.1) is 0 Å². The SMILES string of the molecule is CCCOP(CCC)OCCC.